The van der Waals surface area contributed by atoms with Crippen LogP contribution in [0.2, 0.25) is 0 Å². The van der Waals surface area contributed by atoms with Gasteiger partial charge < -0.3 is 14.0 Å². The Hall–Kier alpha value is -1.45. The summed E-state index contributed by atoms with van der Waals surface area (Å²) in [7, 11) is 2.94. The van der Waals surface area contributed by atoms with Crippen molar-refractivity contribution in [1.29, 1.82) is 0 Å². The SMILES string of the molecule is COC(=O)c1c(OC)ccn1C1CC1. The minimum Gasteiger partial charge on any atom is -0.494 e. The second-order valence-electron chi connectivity index (χ2n) is 3.36. The van der Waals surface area contributed by atoms with Gasteiger partial charge in [-0.1, -0.05) is 0 Å². The summed E-state index contributed by atoms with van der Waals surface area (Å²) in [4.78, 5) is 11.5. The topological polar surface area (TPSA) is 40.5 Å². The van der Waals surface area contributed by atoms with Gasteiger partial charge in [0.15, 0.2) is 11.4 Å². The van der Waals surface area contributed by atoms with Crippen molar-refractivity contribution in [2.45, 2.75) is 18.9 Å². The highest BCUT2D eigenvalue weighted by atomic mass is 16.5. The molecule has 0 amide bonds. The van der Waals surface area contributed by atoms with Gasteiger partial charge in [-0.2, -0.15) is 0 Å². The predicted molar refractivity (Wildman–Crippen MR) is 50.6 cm³/mol. The minimum atomic E-state index is -0.334. The molecule has 1 aromatic rings. The van der Waals surface area contributed by atoms with Gasteiger partial charge in [0, 0.05) is 12.2 Å². The van der Waals surface area contributed by atoms with Crippen LogP contribution in [0.5, 0.6) is 5.75 Å². The molecular weight excluding hydrogens is 182 g/mol. The summed E-state index contributed by atoms with van der Waals surface area (Å²) in [5.41, 5.74) is 0.525. The van der Waals surface area contributed by atoms with Gasteiger partial charge in [0.25, 0.3) is 0 Å². The Morgan fingerprint density at radius 1 is 1.50 bits per heavy atom. The molecule has 2 rings (SSSR count). The fourth-order valence-electron chi connectivity index (χ4n) is 1.55. The third kappa shape index (κ3) is 1.36. The van der Waals surface area contributed by atoms with Crippen molar-refractivity contribution in [2.24, 2.45) is 0 Å². The molecule has 1 saturated carbocycles. The number of esters is 1. The van der Waals surface area contributed by atoms with E-state index in [2.05, 4.69) is 0 Å². The van der Waals surface area contributed by atoms with Gasteiger partial charge in [-0.05, 0) is 18.9 Å². The zero-order valence-corrected chi connectivity index (χ0v) is 8.32. The summed E-state index contributed by atoms with van der Waals surface area (Å²) in [6, 6.07) is 2.25. The molecule has 0 unspecified atom stereocenters. The Morgan fingerprint density at radius 3 is 2.71 bits per heavy atom. The van der Waals surface area contributed by atoms with E-state index < -0.39 is 0 Å². The van der Waals surface area contributed by atoms with E-state index in [1.165, 1.54) is 7.11 Å². The lowest BCUT2D eigenvalue weighted by Crippen LogP contribution is -2.10. The first kappa shape index (κ1) is 9.12. The van der Waals surface area contributed by atoms with Gasteiger partial charge in [0.05, 0.1) is 14.2 Å². The van der Waals surface area contributed by atoms with Crippen LogP contribution in [0.1, 0.15) is 29.4 Å². The maximum atomic E-state index is 11.5. The summed E-state index contributed by atoms with van der Waals surface area (Å²) in [5.74, 6) is 0.252. The van der Waals surface area contributed by atoms with Crippen LogP contribution in [0, 0.1) is 0 Å². The van der Waals surface area contributed by atoms with E-state index in [1.807, 2.05) is 10.8 Å². The van der Waals surface area contributed by atoms with Gasteiger partial charge in [0.1, 0.15) is 0 Å². The fourth-order valence-corrected chi connectivity index (χ4v) is 1.55. The first-order valence-corrected chi connectivity index (χ1v) is 4.61. The number of carbonyl (C=O) groups excluding carboxylic acids is 1. The van der Waals surface area contributed by atoms with Crippen LogP contribution in [0.15, 0.2) is 12.3 Å². The molecular formula is C10H13NO3. The highest BCUT2D eigenvalue weighted by molar-refractivity contribution is 5.91. The lowest BCUT2D eigenvalue weighted by molar-refractivity contribution is 0.0584. The number of hydrogen-bond acceptors (Lipinski definition) is 3. The summed E-state index contributed by atoms with van der Waals surface area (Å²) in [5, 5.41) is 0. The monoisotopic (exact) mass is 195 g/mol. The van der Waals surface area contributed by atoms with Crippen molar-refractivity contribution in [2.75, 3.05) is 14.2 Å². The number of carbonyl (C=O) groups is 1. The maximum Gasteiger partial charge on any atom is 0.358 e. The first-order valence-electron chi connectivity index (χ1n) is 4.61. The van der Waals surface area contributed by atoms with E-state index in [9.17, 15) is 4.79 Å². The number of aromatic nitrogens is 1. The molecule has 0 aromatic carbocycles. The molecule has 0 radical (unpaired) electrons. The van der Waals surface area contributed by atoms with Gasteiger partial charge in [-0.25, -0.2) is 4.79 Å². The first-order chi connectivity index (χ1) is 6.77. The molecule has 0 saturated heterocycles. The van der Waals surface area contributed by atoms with E-state index >= 15 is 0 Å². The zero-order valence-electron chi connectivity index (χ0n) is 8.32. The highest BCUT2D eigenvalue weighted by Gasteiger charge is 2.29. The van der Waals surface area contributed by atoms with Crippen LogP contribution in [0.4, 0.5) is 0 Å². The maximum absolute atomic E-state index is 11.5. The van der Waals surface area contributed by atoms with Crippen LogP contribution < -0.4 is 4.74 Å². The zero-order chi connectivity index (χ0) is 10.1. The van der Waals surface area contributed by atoms with Gasteiger partial charge in [-0.15, -0.1) is 0 Å². The van der Waals surface area contributed by atoms with Crippen LogP contribution in [-0.2, 0) is 4.74 Å². The number of methoxy groups -OCH3 is 2. The second kappa shape index (κ2) is 3.36. The van der Waals surface area contributed by atoms with Crippen molar-refractivity contribution in [3.8, 4) is 5.75 Å². The number of ether oxygens (including phenoxy) is 2. The molecule has 0 bridgehead atoms. The minimum absolute atomic E-state index is 0.334. The van der Waals surface area contributed by atoms with Crippen molar-refractivity contribution in [1.82, 2.24) is 4.57 Å². The summed E-state index contributed by atoms with van der Waals surface area (Å²) < 4.78 is 11.8. The highest BCUT2D eigenvalue weighted by Crippen LogP contribution is 2.38. The number of rotatable bonds is 3. The molecule has 76 valence electrons. The average Bonchev–Trinajstić information content (AvgIpc) is 2.96. The molecule has 4 heteroatoms. The second-order valence-corrected chi connectivity index (χ2v) is 3.36. The molecule has 1 heterocycles. The van der Waals surface area contributed by atoms with E-state index in [0.29, 0.717) is 17.5 Å². The van der Waals surface area contributed by atoms with Crippen molar-refractivity contribution < 1.29 is 14.3 Å². The Bertz CT molecular complexity index is 352. The van der Waals surface area contributed by atoms with Crippen LogP contribution in [0.3, 0.4) is 0 Å². The third-order valence-corrected chi connectivity index (χ3v) is 2.42. The molecule has 0 N–H and O–H groups in total. The Kier molecular flexibility index (Phi) is 2.19. The predicted octanol–water partition coefficient (Wildman–Crippen LogP) is 1.62. The van der Waals surface area contributed by atoms with Crippen molar-refractivity contribution in [3.05, 3.63) is 18.0 Å². The Morgan fingerprint density at radius 2 is 2.21 bits per heavy atom. The molecule has 1 aromatic heterocycles. The number of nitrogens with zero attached hydrogens (tertiary/aromatic N) is 1. The molecule has 1 aliphatic carbocycles. The van der Waals surface area contributed by atoms with E-state index in [1.54, 1.807) is 13.2 Å². The lowest BCUT2D eigenvalue weighted by atomic mass is 10.4. The van der Waals surface area contributed by atoms with Crippen LogP contribution in [0.25, 0.3) is 0 Å². The molecule has 0 spiro atoms. The van der Waals surface area contributed by atoms with Crippen molar-refractivity contribution >= 4 is 5.97 Å². The lowest BCUT2D eigenvalue weighted by Gasteiger charge is -2.07. The largest absolute Gasteiger partial charge is 0.494 e. The molecule has 0 atom stereocenters. The third-order valence-electron chi connectivity index (χ3n) is 2.42. The smallest absolute Gasteiger partial charge is 0.358 e. The standard InChI is InChI=1S/C10H13NO3/c1-13-8-5-6-11(7-3-4-7)9(8)10(12)14-2/h5-7H,3-4H2,1-2H3. The van der Waals surface area contributed by atoms with E-state index in [4.69, 9.17) is 9.47 Å². The summed E-state index contributed by atoms with van der Waals surface area (Å²) in [6.45, 7) is 0. The Balaban J connectivity index is 2.39. The Labute approximate surface area is 82.4 Å². The molecule has 14 heavy (non-hydrogen) atoms. The summed E-state index contributed by atoms with van der Waals surface area (Å²) >= 11 is 0. The fraction of sp³-hybridized carbons (Fsp3) is 0.500. The molecule has 4 nitrogen and oxygen atoms in total. The van der Waals surface area contributed by atoms with E-state index in [-0.39, 0.29) is 5.97 Å². The van der Waals surface area contributed by atoms with Crippen LogP contribution in [-0.4, -0.2) is 24.8 Å². The average molecular weight is 195 g/mol. The van der Waals surface area contributed by atoms with Gasteiger partial charge in [-0.3, -0.25) is 0 Å². The molecule has 1 aliphatic rings. The molecule has 0 aliphatic heterocycles. The summed E-state index contributed by atoms with van der Waals surface area (Å²) in [6.07, 6.45) is 4.13. The number of hydrogen-bond donors (Lipinski definition) is 0. The van der Waals surface area contributed by atoms with Crippen LogP contribution >= 0.6 is 0 Å². The van der Waals surface area contributed by atoms with E-state index in [0.717, 1.165) is 12.8 Å². The van der Waals surface area contributed by atoms with Gasteiger partial charge >= 0.3 is 5.97 Å². The van der Waals surface area contributed by atoms with Crippen molar-refractivity contribution in [3.63, 3.8) is 0 Å². The van der Waals surface area contributed by atoms with Gasteiger partial charge in [0.2, 0.25) is 0 Å². The quantitative estimate of drug-likeness (QED) is 0.688. The molecule has 1 fully saturated rings. The normalized spacial score (nSPS) is 15.3.